The van der Waals surface area contributed by atoms with Gasteiger partial charge >= 0.3 is 12.1 Å². The lowest BCUT2D eigenvalue weighted by molar-refractivity contribution is -0.151. The van der Waals surface area contributed by atoms with Crippen LogP contribution in [-0.2, 0) is 14.3 Å². The predicted molar refractivity (Wildman–Crippen MR) is 110 cm³/mol. The zero-order chi connectivity index (χ0) is 19.9. The molecule has 0 aliphatic heterocycles. The van der Waals surface area contributed by atoms with Crippen LogP contribution in [0.4, 0.5) is 4.79 Å². The van der Waals surface area contributed by atoms with E-state index in [1.807, 2.05) is 44.3 Å². The second-order valence-electron chi connectivity index (χ2n) is 8.09. The third-order valence-corrected chi connectivity index (χ3v) is 4.32. The first-order valence-electron chi connectivity index (χ1n) is 9.66. The van der Waals surface area contributed by atoms with Crippen molar-refractivity contribution in [3.05, 3.63) is 35.9 Å². The predicted octanol–water partition coefficient (Wildman–Crippen LogP) is 2.73. The van der Waals surface area contributed by atoms with Gasteiger partial charge in [0.05, 0.1) is 0 Å². The fourth-order valence-corrected chi connectivity index (χ4v) is 2.93. The van der Waals surface area contributed by atoms with E-state index in [-0.39, 0.29) is 6.10 Å². The highest BCUT2D eigenvalue weighted by atomic mass is 16.6. The summed E-state index contributed by atoms with van der Waals surface area (Å²) in [7, 11) is 2.04. The van der Waals surface area contributed by atoms with Crippen LogP contribution >= 0.6 is 0 Å². The largest absolute Gasteiger partial charge is 0.461 e. The summed E-state index contributed by atoms with van der Waals surface area (Å²) in [4.78, 5) is 24.7. The van der Waals surface area contributed by atoms with Crippen LogP contribution in [0.1, 0.15) is 58.4 Å². The first-order chi connectivity index (χ1) is 12.7. The van der Waals surface area contributed by atoms with Gasteiger partial charge in [0.2, 0.25) is 0 Å². The molecule has 1 atom stereocenters. The zero-order valence-corrected chi connectivity index (χ0v) is 16.8. The molecule has 5 nitrogen and oxygen atoms in total. The summed E-state index contributed by atoms with van der Waals surface area (Å²) in [5.41, 5.74) is 1.61. The Morgan fingerprint density at radius 3 is 2.44 bits per heavy atom. The van der Waals surface area contributed by atoms with E-state index in [0.717, 1.165) is 31.2 Å². The fourth-order valence-electron chi connectivity index (χ4n) is 2.93. The van der Waals surface area contributed by atoms with E-state index in [0.29, 0.717) is 6.42 Å². The van der Waals surface area contributed by atoms with Gasteiger partial charge in [-0.3, -0.25) is 0 Å². The number of carbonyl (C=O) groups is 2. The molecule has 0 unspecified atom stereocenters. The molecule has 0 aromatic heterocycles. The summed E-state index contributed by atoms with van der Waals surface area (Å²) in [6.45, 7) is 5.36. The number of hydrogen-bond acceptors (Lipinski definition) is 4. The van der Waals surface area contributed by atoms with Gasteiger partial charge in [0, 0.05) is 0 Å². The van der Waals surface area contributed by atoms with E-state index in [1.54, 1.807) is 20.8 Å². The molecule has 0 radical (unpaired) electrons. The van der Waals surface area contributed by atoms with E-state index >= 15 is 0 Å². The molecule has 1 aliphatic carbocycles. The molecule has 1 fully saturated rings. The average molecular weight is 371 g/mol. The monoisotopic (exact) mass is 371 g/mol. The van der Waals surface area contributed by atoms with Gasteiger partial charge < -0.3 is 14.8 Å². The highest BCUT2D eigenvalue weighted by molar-refractivity contribution is 6.32. The highest BCUT2D eigenvalue weighted by Gasteiger charge is 2.27. The summed E-state index contributed by atoms with van der Waals surface area (Å²) in [5.74, 6) is -0.402. The van der Waals surface area contributed by atoms with Crippen LogP contribution < -0.4 is 10.8 Å². The minimum Gasteiger partial charge on any atom is -0.461 e. The Kier molecular flexibility index (Phi) is 7.51. The molecular formula is C21H30BNO4. The molecule has 6 heteroatoms. The first kappa shape index (κ1) is 21.1. The maximum absolute atomic E-state index is 12.6. The van der Waals surface area contributed by atoms with Crippen LogP contribution in [0, 0.1) is 0 Å². The number of ether oxygens (including phenoxy) is 2. The number of hydrogen-bond donors (Lipinski definition) is 1. The van der Waals surface area contributed by atoms with Crippen molar-refractivity contribution in [3.8, 4) is 0 Å². The Hall–Kier alpha value is -2.24. The lowest BCUT2D eigenvalue weighted by atomic mass is 9.95. The second kappa shape index (κ2) is 9.63. The van der Waals surface area contributed by atoms with E-state index in [1.165, 1.54) is 5.46 Å². The van der Waals surface area contributed by atoms with E-state index < -0.39 is 23.7 Å². The summed E-state index contributed by atoms with van der Waals surface area (Å²) < 4.78 is 10.9. The van der Waals surface area contributed by atoms with E-state index in [9.17, 15) is 9.59 Å². The molecule has 1 aromatic rings. The number of amides is 1. The summed E-state index contributed by atoms with van der Waals surface area (Å²) >= 11 is 0. The second-order valence-corrected chi connectivity index (χ2v) is 8.09. The van der Waals surface area contributed by atoms with Crippen LogP contribution in [0.2, 0.25) is 0 Å². The number of alkyl carbamates (subject to hydrolysis) is 1. The Bertz CT molecular complexity index is 658. The van der Waals surface area contributed by atoms with Crippen molar-refractivity contribution in [2.45, 2.75) is 70.6 Å². The molecule has 1 aromatic carbocycles. The number of esters is 1. The molecule has 146 valence electrons. The topological polar surface area (TPSA) is 64.6 Å². The van der Waals surface area contributed by atoms with Crippen LogP contribution in [0.3, 0.4) is 0 Å². The van der Waals surface area contributed by atoms with Crippen molar-refractivity contribution in [1.29, 1.82) is 0 Å². The first-order valence-corrected chi connectivity index (χ1v) is 9.66. The Labute approximate surface area is 162 Å². The van der Waals surface area contributed by atoms with Crippen LogP contribution in [0.25, 0.3) is 6.08 Å². The Morgan fingerprint density at radius 1 is 1.22 bits per heavy atom. The molecule has 1 aliphatic rings. The highest BCUT2D eigenvalue weighted by Crippen LogP contribution is 2.21. The summed E-state index contributed by atoms with van der Waals surface area (Å²) in [6, 6.07) is 7.33. The van der Waals surface area contributed by atoms with Gasteiger partial charge in [0.1, 0.15) is 25.6 Å². The van der Waals surface area contributed by atoms with Gasteiger partial charge in [-0.2, -0.15) is 0 Å². The Morgan fingerprint density at radius 2 is 1.85 bits per heavy atom. The quantitative estimate of drug-likeness (QED) is 0.617. The van der Waals surface area contributed by atoms with Gasteiger partial charge in [-0.1, -0.05) is 41.9 Å². The van der Waals surface area contributed by atoms with Gasteiger partial charge in [-0.25, -0.2) is 9.59 Å². The lowest BCUT2D eigenvalue weighted by Gasteiger charge is -2.23. The van der Waals surface area contributed by atoms with Gasteiger partial charge in [-0.05, 0) is 58.4 Å². The number of carbonyl (C=O) groups excluding carboxylic acids is 2. The van der Waals surface area contributed by atoms with Crippen LogP contribution in [-0.4, -0.2) is 37.7 Å². The van der Waals surface area contributed by atoms with Gasteiger partial charge in [-0.15, -0.1) is 0 Å². The number of rotatable bonds is 6. The molecule has 0 saturated heterocycles. The molecule has 1 N–H and O–H groups in total. The number of nitrogens with one attached hydrogen (secondary N) is 1. The molecule has 2 rings (SSSR count). The van der Waals surface area contributed by atoms with Gasteiger partial charge in [0.25, 0.3) is 0 Å². The molecule has 1 amide bonds. The van der Waals surface area contributed by atoms with Crippen molar-refractivity contribution in [2.75, 3.05) is 0 Å². The van der Waals surface area contributed by atoms with Crippen molar-refractivity contribution in [3.63, 3.8) is 0 Å². The van der Waals surface area contributed by atoms with Gasteiger partial charge in [0.15, 0.2) is 0 Å². The molecule has 1 saturated carbocycles. The minimum atomic E-state index is -0.762. The molecule has 27 heavy (non-hydrogen) atoms. The fraction of sp³-hybridized carbons (Fsp3) is 0.524. The zero-order valence-electron chi connectivity index (χ0n) is 16.8. The smallest absolute Gasteiger partial charge is 0.408 e. The van der Waals surface area contributed by atoms with Crippen molar-refractivity contribution in [2.24, 2.45) is 0 Å². The average Bonchev–Trinajstić information content (AvgIpc) is 3.07. The molecule has 0 bridgehead atoms. The molecule has 0 heterocycles. The third-order valence-electron chi connectivity index (χ3n) is 4.32. The van der Waals surface area contributed by atoms with E-state index in [2.05, 4.69) is 5.32 Å². The summed E-state index contributed by atoms with van der Waals surface area (Å²) in [5, 5.41) is 2.66. The SMILES string of the molecule is Bc1ccc(/C=C/C[C@H](NC(=O)OC(C)(C)C)C(=O)OC2CCCC2)cc1. The number of benzene rings is 1. The van der Waals surface area contributed by atoms with Crippen molar-refractivity contribution >= 4 is 31.4 Å². The standard InChI is InChI=1S/C21H30BNO4/c1-21(2,3)27-20(25)23-18(19(24)26-17-8-4-5-9-17)10-6-7-15-11-13-16(22)14-12-15/h6-7,11-14,17-18H,4-5,8-10,22H2,1-3H3,(H,23,25)/b7-6+/t18-/m0/s1. The van der Waals surface area contributed by atoms with Crippen molar-refractivity contribution < 1.29 is 19.1 Å². The van der Waals surface area contributed by atoms with Crippen LogP contribution in [0.15, 0.2) is 30.3 Å². The Balaban J connectivity index is 1.99. The summed E-state index contributed by atoms with van der Waals surface area (Å²) in [6.07, 6.45) is 7.45. The lowest BCUT2D eigenvalue weighted by Crippen LogP contribution is -2.44. The van der Waals surface area contributed by atoms with Crippen LogP contribution in [0.5, 0.6) is 0 Å². The molecular weight excluding hydrogens is 341 g/mol. The normalized spacial score (nSPS) is 16.3. The van der Waals surface area contributed by atoms with E-state index in [4.69, 9.17) is 9.47 Å². The minimum absolute atomic E-state index is 0.0403. The van der Waals surface area contributed by atoms with Crippen molar-refractivity contribution in [1.82, 2.24) is 5.32 Å². The maximum atomic E-state index is 12.6. The maximum Gasteiger partial charge on any atom is 0.408 e. The molecule has 0 spiro atoms. The third kappa shape index (κ3) is 7.89.